The van der Waals surface area contributed by atoms with Crippen LogP contribution in [-0.2, 0) is 4.79 Å². The lowest BCUT2D eigenvalue weighted by atomic mass is 9.85. The average Bonchev–Trinajstić information content (AvgIpc) is 2.98. The van der Waals surface area contributed by atoms with Crippen molar-refractivity contribution in [3.63, 3.8) is 0 Å². The van der Waals surface area contributed by atoms with Crippen molar-refractivity contribution in [1.82, 2.24) is 10.6 Å². The molecular formula is C18H26N2O2. The van der Waals surface area contributed by atoms with E-state index in [0.717, 1.165) is 12.2 Å². The normalized spacial score (nSPS) is 28.7. The molecule has 1 saturated carbocycles. The second-order valence-corrected chi connectivity index (χ2v) is 6.59. The minimum absolute atomic E-state index is 0.0166. The van der Waals surface area contributed by atoms with Crippen molar-refractivity contribution in [2.75, 3.05) is 6.54 Å². The molecule has 2 N–H and O–H groups in total. The molecule has 4 heteroatoms. The molecule has 1 aromatic rings. The van der Waals surface area contributed by atoms with Gasteiger partial charge in [0.2, 0.25) is 5.91 Å². The van der Waals surface area contributed by atoms with E-state index >= 15 is 0 Å². The number of nitrogens with one attached hydrogen (secondary N) is 2. The molecule has 1 saturated heterocycles. The monoisotopic (exact) mass is 302 g/mol. The van der Waals surface area contributed by atoms with Crippen molar-refractivity contribution in [1.29, 1.82) is 0 Å². The van der Waals surface area contributed by atoms with Gasteiger partial charge in [-0.3, -0.25) is 4.79 Å². The number of carbonyl (C=O) groups excluding carboxylic acids is 1. The van der Waals surface area contributed by atoms with E-state index in [1.807, 2.05) is 37.3 Å². The summed E-state index contributed by atoms with van der Waals surface area (Å²) in [6.45, 7) is 2.52. The van der Waals surface area contributed by atoms with Crippen LogP contribution >= 0.6 is 0 Å². The standard InChI is InChI=1S/C18H26N2O2/c1-13(22-15-8-3-2-4-9-15)12-19-18(21)17-11-14-7-5-6-10-16(14)20-17/h2-4,8-9,13-14,16-17,20H,5-7,10-12H2,1H3,(H,19,21). The second kappa shape index (κ2) is 7.14. The van der Waals surface area contributed by atoms with Gasteiger partial charge in [0.05, 0.1) is 12.6 Å². The predicted octanol–water partition coefficient (Wildman–Crippen LogP) is 2.49. The highest BCUT2D eigenvalue weighted by Crippen LogP contribution is 2.33. The lowest BCUT2D eigenvalue weighted by Gasteiger charge is -2.24. The number of fused-ring (bicyclic) bond motifs is 1. The number of benzene rings is 1. The first-order valence-electron chi connectivity index (χ1n) is 8.48. The molecule has 4 unspecified atom stereocenters. The zero-order valence-corrected chi connectivity index (χ0v) is 13.3. The Kier molecular flexibility index (Phi) is 4.98. The van der Waals surface area contributed by atoms with Crippen molar-refractivity contribution in [2.45, 2.75) is 57.2 Å². The highest BCUT2D eigenvalue weighted by atomic mass is 16.5. The molecule has 2 fully saturated rings. The maximum Gasteiger partial charge on any atom is 0.237 e. The van der Waals surface area contributed by atoms with Gasteiger partial charge in [-0.2, -0.15) is 0 Å². The van der Waals surface area contributed by atoms with Crippen LogP contribution in [0.15, 0.2) is 30.3 Å². The molecule has 3 rings (SSSR count). The van der Waals surface area contributed by atoms with Crippen molar-refractivity contribution < 1.29 is 9.53 Å². The Morgan fingerprint density at radius 1 is 1.32 bits per heavy atom. The highest BCUT2D eigenvalue weighted by molar-refractivity contribution is 5.82. The number of para-hydroxylation sites is 1. The van der Waals surface area contributed by atoms with Crippen molar-refractivity contribution >= 4 is 5.91 Å². The summed E-state index contributed by atoms with van der Waals surface area (Å²) in [6.07, 6.45) is 6.07. The van der Waals surface area contributed by atoms with Crippen LogP contribution in [0.4, 0.5) is 0 Å². The van der Waals surface area contributed by atoms with E-state index in [1.54, 1.807) is 0 Å². The molecule has 4 atom stereocenters. The molecule has 1 aliphatic heterocycles. The van der Waals surface area contributed by atoms with E-state index in [9.17, 15) is 4.79 Å². The molecule has 4 nitrogen and oxygen atoms in total. The lowest BCUT2D eigenvalue weighted by Crippen LogP contribution is -2.45. The smallest absolute Gasteiger partial charge is 0.237 e. The molecule has 0 bridgehead atoms. The quantitative estimate of drug-likeness (QED) is 0.878. The first-order valence-corrected chi connectivity index (χ1v) is 8.48. The largest absolute Gasteiger partial charge is 0.489 e. The maximum atomic E-state index is 12.3. The number of amides is 1. The third-order valence-electron chi connectivity index (χ3n) is 4.82. The molecule has 0 radical (unpaired) electrons. The molecule has 0 aromatic heterocycles. The molecule has 1 aliphatic carbocycles. The van der Waals surface area contributed by atoms with Gasteiger partial charge in [0.15, 0.2) is 0 Å². The van der Waals surface area contributed by atoms with Crippen LogP contribution in [0.25, 0.3) is 0 Å². The Bertz CT molecular complexity index is 477. The van der Waals surface area contributed by atoms with Gasteiger partial charge in [0.25, 0.3) is 0 Å². The number of carbonyl (C=O) groups is 1. The summed E-state index contributed by atoms with van der Waals surface area (Å²) in [6, 6.07) is 10.3. The Labute approximate surface area is 132 Å². The fourth-order valence-corrected chi connectivity index (χ4v) is 3.66. The van der Waals surface area contributed by atoms with Crippen LogP contribution in [-0.4, -0.2) is 30.6 Å². The van der Waals surface area contributed by atoms with Gasteiger partial charge >= 0.3 is 0 Å². The van der Waals surface area contributed by atoms with Gasteiger partial charge in [-0.1, -0.05) is 31.0 Å². The summed E-state index contributed by atoms with van der Waals surface area (Å²) in [5, 5.41) is 6.54. The molecule has 1 heterocycles. The lowest BCUT2D eigenvalue weighted by molar-refractivity contribution is -0.123. The van der Waals surface area contributed by atoms with Crippen LogP contribution in [0.3, 0.4) is 0 Å². The van der Waals surface area contributed by atoms with E-state index in [2.05, 4.69) is 10.6 Å². The van der Waals surface area contributed by atoms with Gasteiger partial charge in [-0.25, -0.2) is 0 Å². The van der Waals surface area contributed by atoms with Gasteiger partial charge in [0.1, 0.15) is 11.9 Å². The Morgan fingerprint density at radius 2 is 2.09 bits per heavy atom. The Morgan fingerprint density at radius 3 is 2.86 bits per heavy atom. The number of rotatable bonds is 5. The minimum Gasteiger partial charge on any atom is -0.489 e. The molecule has 1 aromatic carbocycles. The molecule has 1 amide bonds. The van der Waals surface area contributed by atoms with Crippen LogP contribution in [0.2, 0.25) is 0 Å². The Balaban J connectivity index is 1.42. The van der Waals surface area contributed by atoms with Gasteiger partial charge in [-0.05, 0) is 44.2 Å². The third-order valence-corrected chi connectivity index (χ3v) is 4.82. The zero-order chi connectivity index (χ0) is 15.4. The van der Waals surface area contributed by atoms with E-state index in [-0.39, 0.29) is 18.1 Å². The van der Waals surface area contributed by atoms with Crippen molar-refractivity contribution in [3.8, 4) is 5.75 Å². The predicted molar refractivity (Wildman–Crippen MR) is 86.8 cm³/mol. The topological polar surface area (TPSA) is 50.4 Å². The molecule has 120 valence electrons. The van der Waals surface area contributed by atoms with Crippen molar-refractivity contribution in [3.05, 3.63) is 30.3 Å². The summed E-state index contributed by atoms with van der Waals surface area (Å²) < 4.78 is 5.79. The summed E-state index contributed by atoms with van der Waals surface area (Å²) in [7, 11) is 0. The number of hydrogen-bond acceptors (Lipinski definition) is 3. The summed E-state index contributed by atoms with van der Waals surface area (Å²) in [5.74, 6) is 1.66. The Hall–Kier alpha value is -1.55. The minimum atomic E-state index is -0.0324. The van der Waals surface area contributed by atoms with E-state index in [1.165, 1.54) is 25.7 Å². The van der Waals surface area contributed by atoms with Crippen LogP contribution in [0, 0.1) is 5.92 Å². The van der Waals surface area contributed by atoms with Gasteiger partial charge < -0.3 is 15.4 Å². The van der Waals surface area contributed by atoms with Gasteiger partial charge in [0, 0.05) is 6.04 Å². The summed E-state index contributed by atoms with van der Waals surface area (Å²) in [4.78, 5) is 12.3. The molecular weight excluding hydrogens is 276 g/mol. The SMILES string of the molecule is CC(CNC(=O)C1CC2CCCCC2N1)Oc1ccccc1. The molecule has 22 heavy (non-hydrogen) atoms. The first-order chi connectivity index (χ1) is 10.7. The number of hydrogen-bond donors (Lipinski definition) is 2. The molecule has 2 aliphatic rings. The van der Waals surface area contributed by atoms with E-state index < -0.39 is 0 Å². The summed E-state index contributed by atoms with van der Waals surface area (Å²) in [5.41, 5.74) is 0. The summed E-state index contributed by atoms with van der Waals surface area (Å²) >= 11 is 0. The van der Waals surface area contributed by atoms with Crippen LogP contribution in [0.1, 0.15) is 39.0 Å². The van der Waals surface area contributed by atoms with Crippen molar-refractivity contribution in [2.24, 2.45) is 5.92 Å². The highest BCUT2D eigenvalue weighted by Gasteiger charge is 2.38. The van der Waals surface area contributed by atoms with Crippen LogP contribution in [0.5, 0.6) is 5.75 Å². The van der Waals surface area contributed by atoms with E-state index in [4.69, 9.17) is 4.74 Å². The van der Waals surface area contributed by atoms with Crippen LogP contribution < -0.4 is 15.4 Å². The fourth-order valence-electron chi connectivity index (χ4n) is 3.66. The fraction of sp³-hybridized carbons (Fsp3) is 0.611. The average molecular weight is 302 g/mol. The van der Waals surface area contributed by atoms with Gasteiger partial charge in [-0.15, -0.1) is 0 Å². The third kappa shape index (κ3) is 3.80. The number of ether oxygens (including phenoxy) is 1. The van der Waals surface area contributed by atoms with E-state index in [0.29, 0.717) is 18.5 Å². The second-order valence-electron chi connectivity index (χ2n) is 6.59. The first kappa shape index (κ1) is 15.3. The zero-order valence-electron chi connectivity index (χ0n) is 13.3. The maximum absolute atomic E-state index is 12.3. The molecule has 0 spiro atoms.